The minimum Gasteiger partial charge on any atom is -0.462 e. The first-order valence-electron chi connectivity index (χ1n) is 11.4. The monoisotopic (exact) mass is 501 g/mol. The van der Waals surface area contributed by atoms with Gasteiger partial charge in [-0.3, -0.25) is 4.90 Å². The normalized spacial score (nSPS) is 14.3. The molecule has 1 aromatic heterocycles. The Kier molecular flexibility index (Phi) is 9.62. The summed E-state index contributed by atoms with van der Waals surface area (Å²) in [6.45, 7) is 9.91. The number of hydrogen-bond donors (Lipinski definition) is 1. The summed E-state index contributed by atoms with van der Waals surface area (Å²) in [5.41, 5.74) is 2.07. The van der Waals surface area contributed by atoms with Gasteiger partial charge in [-0.25, -0.2) is 9.59 Å². The summed E-state index contributed by atoms with van der Waals surface area (Å²) < 4.78 is 10.4. The van der Waals surface area contributed by atoms with Crippen molar-refractivity contribution < 1.29 is 19.1 Å². The van der Waals surface area contributed by atoms with Crippen LogP contribution in [0.4, 0.5) is 5.00 Å². The zero-order valence-corrected chi connectivity index (χ0v) is 21.5. The lowest BCUT2D eigenvalue weighted by atomic mass is 10.1. The van der Waals surface area contributed by atoms with Gasteiger partial charge in [0.2, 0.25) is 0 Å². The molecule has 1 aliphatic rings. The van der Waals surface area contributed by atoms with E-state index >= 15 is 0 Å². The van der Waals surface area contributed by atoms with Crippen molar-refractivity contribution in [1.82, 2.24) is 9.80 Å². The van der Waals surface area contributed by atoms with Crippen molar-refractivity contribution >= 4 is 51.7 Å². The summed E-state index contributed by atoms with van der Waals surface area (Å²) in [7, 11) is 0. The number of thiocarbonyl (C=S) groups is 1. The second-order valence-electron chi connectivity index (χ2n) is 7.73. The highest BCUT2D eigenvalue weighted by Crippen LogP contribution is 2.34. The number of carbonyl (C=O) groups is 2. The zero-order chi connectivity index (χ0) is 24.5. The summed E-state index contributed by atoms with van der Waals surface area (Å²) >= 11 is 6.82. The van der Waals surface area contributed by atoms with E-state index in [-0.39, 0.29) is 13.2 Å². The molecular formula is C25H31N3O4S2. The molecule has 0 unspecified atom stereocenters. The molecule has 2 heterocycles. The highest BCUT2D eigenvalue weighted by atomic mass is 32.1. The zero-order valence-electron chi connectivity index (χ0n) is 19.8. The van der Waals surface area contributed by atoms with Gasteiger partial charge in [-0.05, 0) is 44.1 Å². The first-order valence-corrected chi connectivity index (χ1v) is 12.6. The Bertz CT molecular complexity index is 1030. The average Bonchev–Trinajstić information content (AvgIpc) is 3.16. The van der Waals surface area contributed by atoms with Crippen molar-refractivity contribution in [2.24, 2.45) is 0 Å². The second-order valence-corrected chi connectivity index (χ2v) is 9.14. The van der Waals surface area contributed by atoms with Gasteiger partial charge in [0, 0.05) is 32.7 Å². The van der Waals surface area contributed by atoms with Crippen molar-refractivity contribution in [3.05, 3.63) is 58.0 Å². The molecule has 1 aliphatic heterocycles. The van der Waals surface area contributed by atoms with Crippen LogP contribution in [0.15, 0.2) is 36.4 Å². The van der Waals surface area contributed by atoms with E-state index in [1.165, 1.54) is 16.9 Å². The number of anilines is 1. The van der Waals surface area contributed by atoms with Crippen LogP contribution in [0.1, 0.15) is 45.0 Å². The van der Waals surface area contributed by atoms with Gasteiger partial charge in [-0.2, -0.15) is 0 Å². The van der Waals surface area contributed by atoms with Crippen molar-refractivity contribution in [2.45, 2.75) is 20.8 Å². The first-order chi connectivity index (χ1) is 16.4. The minimum atomic E-state index is -0.480. The first kappa shape index (κ1) is 25.9. The number of ether oxygens (including phenoxy) is 2. The number of hydrogen-bond acceptors (Lipinski definition) is 7. The van der Waals surface area contributed by atoms with Gasteiger partial charge in [0.15, 0.2) is 5.11 Å². The number of thiophene rings is 1. The third-order valence-corrected chi connectivity index (χ3v) is 6.99. The molecule has 34 heavy (non-hydrogen) atoms. The molecular weight excluding hydrogens is 470 g/mol. The van der Waals surface area contributed by atoms with Crippen LogP contribution in [0.25, 0.3) is 6.08 Å². The van der Waals surface area contributed by atoms with Crippen molar-refractivity contribution in [3.63, 3.8) is 0 Å². The maximum absolute atomic E-state index is 12.6. The molecule has 3 rings (SSSR count). The van der Waals surface area contributed by atoms with Crippen molar-refractivity contribution in [1.29, 1.82) is 0 Å². The van der Waals surface area contributed by atoms with Crippen LogP contribution in [0.5, 0.6) is 0 Å². The molecule has 0 aliphatic carbocycles. The SMILES string of the molecule is CCOC(=O)c1sc(NC(=S)N2CCN(C/C=C/c3ccccc3)CC2)c(C(=O)OCC)c1C. The van der Waals surface area contributed by atoms with E-state index in [1.807, 2.05) is 18.2 Å². The predicted molar refractivity (Wildman–Crippen MR) is 141 cm³/mol. The predicted octanol–water partition coefficient (Wildman–Crippen LogP) is 4.44. The molecule has 7 nitrogen and oxygen atoms in total. The Morgan fingerprint density at radius 3 is 2.35 bits per heavy atom. The maximum Gasteiger partial charge on any atom is 0.348 e. The van der Waals surface area contributed by atoms with E-state index in [0.717, 1.165) is 32.7 Å². The average molecular weight is 502 g/mol. The smallest absolute Gasteiger partial charge is 0.348 e. The quantitative estimate of drug-likeness (QED) is 0.421. The summed E-state index contributed by atoms with van der Waals surface area (Å²) in [6.07, 6.45) is 4.31. The maximum atomic E-state index is 12.6. The van der Waals surface area contributed by atoms with Crippen molar-refractivity contribution in [3.8, 4) is 0 Å². The van der Waals surface area contributed by atoms with Crippen molar-refractivity contribution in [2.75, 3.05) is 51.3 Å². The molecule has 0 bridgehead atoms. The summed E-state index contributed by atoms with van der Waals surface area (Å²) in [5, 5.41) is 4.23. The lowest BCUT2D eigenvalue weighted by molar-refractivity contribution is 0.0527. The van der Waals surface area contributed by atoms with E-state index in [2.05, 4.69) is 39.4 Å². The third kappa shape index (κ3) is 6.65. The Morgan fingerprint density at radius 1 is 1.06 bits per heavy atom. The molecule has 2 aromatic rings. The summed E-state index contributed by atoms with van der Waals surface area (Å²) in [6, 6.07) is 10.2. The molecule has 0 spiro atoms. The third-order valence-electron chi connectivity index (χ3n) is 5.44. The Hall–Kier alpha value is -2.75. The minimum absolute atomic E-state index is 0.243. The fourth-order valence-electron chi connectivity index (χ4n) is 3.65. The molecule has 1 aromatic carbocycles. The van der Waals surface area contributed by atoms with E-state index in [1.54, 1.807) is 20.8 Å². The number of esters is 2. The molecule has 0 saturated carbocycles. The molecule has 182 valence electrons. The van der Waals surface area contributed by atoms with Gasteiger partial charge >= 0.3 is 11.9 Å². The van der Waals surface area contributed by atoms with Crippen LogP contribution in [0.3, 0.4) is 0 Å². The number of carbonyl (C=O) groups excluding carboxylic acids is 2. The molecule has 0 amide bonds. The molecule has 1 saturated heterocycles. The van der Waals surface area contributed by atoms with Crippen LogP contribution < -0.4 is 5.32 Å². The molecule has 0 atom stereocenters. The Labute approximate surface area is 210 Å². The summed E-state index contributed by atoms with van der Waals surface area (Å²) in [4.78, 5) is 29.8. The molecule has 0 radical (unpaired) electrons. The highest BCUT2D eigenvalue weighted by molar-refractivity contribution is 7.80. The molecule has 1 fully saturated rings. The largest absolute Gasteiger partial charge is 0.462 e. The molecule has 1 N–H and O–H groups in total. The fraction of sp³-hybridized carbons (Fsp3) is 0.400. The van der Waals surface area contributed by atoms with E-state index in [4.69, 9.17) is 21.7 Å². The van der Waals surface area contributed by atoms with Gasteiger partial charge in [-0.15, -0.1) is 11.3 Å². The number of piperazine rings is 1. The van der Waals surface area contributed by atoms with Gasteiger partial charge < -0.3 is 19.7 Å². The van der Waals surface area contributed by atoms with Gasteiger partial charge in [0.05, 0.1) is 18.8 Å². The Balaban J connectivity index is 1.61. The number of rotatable bonds is 8. The topological polar surface area (TPSA) is 71.1 Å². The van der Waals surface area contributed by atoms with Crippen LogP contribution in [-0.4, -0.2) is 72.8 Å². The second kappa shape index (κ2) is 12.6. The number of nitrogens with one attached hydrogen (secondary N) is 1. The van der Waals surface area contributed by atoms with Crippen LogP contribution in [-0.2, 0) is 9.47 Å². The van der Waals surface area contributed by atoms with E-state index in [0.29, 0.717) is 26.1 Å². The summed E-state index contributed by atoms with van der Waals surface area (Å²) in [5.74, 6) is -0.932. The fourth-order valence-corrected chi connectivity index (χ4v) is 5.09. The number of nitrogens with zero attached hydrogens (tertiary/aromatic N) is 2. The number of benzene rings is 1. The van der Waals surface area contributed by atoms with Crippen LogP contribution in [0, 0.1) is 6.92 Å². The highest BCUT2D eigenvalue weighted by Gasteiger charge is 2.28. The van der Waals surface area contributed by atoms with E-state index < -0.39 is 11.9 Å². The van der Waals surface area contributed by atoms with Gasteiger partial charge in [0.25, 0.3) is 0 Å². The van der Waals surface area contributed by atoms with Crippen LogP contribution >= 0.6 is 23.6 Å². The van der Waals surface area contributed by atoms with Gasteiger partial charge in [-0.1, -0.05) is 42.5 Å². The van der Waals surface area contributed by atoms with E-state index in [9.17, 15) is 9.59 Å². The van der Waals surface area contributed by atoms with Crippen LogP contribution in [0.2, 0.25) is 0 Å². The van der Waals surface area contributed by atoms with Gasteiger partial charge in [0.1, 0.15) is 9.88 Å². The Morgan fingerprint density at radius 2 is 1.71 bits per heavy atom. The lowest BCUT2D eigenvalue weighted by Crippen LogP contribution is -2.49. The standard InChI is InChI=1S/C25H31N3O4S2/c1-4-31-23(29)20-18(3)21(24(30)32-5-2)34-22(20)26-25(33)28-16-14-27(15-17-28)13-9-12-19-10-7-6-8-11-19/h6-12H,4-5,13-17H2,1-3H3,(H,26,33)/b12-9+. The lowest BCUT2D eigenvalue weighted by Gasteiger charge is -2.35. The molecule has 9 heteroatoms.